The smallest absolute Gasteiger partial charge is 0.345 e. The normalized spacial score (nSPS) is 12.5. The predicted octanol–water partition coefficient (Wildman–Crippen LogP) is 3.69. The van der Waals surface area contributed by atoms with E-state index in [2.05, 4.69) is 5.32 Å². The Balaban J connectivity index is 2.35. The number of nitrogens with zero attached hydrogens (tertiary/aromatic N) is 2. The fourth-order valence-electron chi connectivity index (χ4n) is 2.96. The molecule has 1 amide bonds. The number of benzene rings is 1. The van der Waals surface area contributed by atoms with Crippen molar-refractivity contribution in [2.24, 2.45) is 7.05 Å². The molecular formula is C19H20F4N4O3S. The number of hydrogen-bond donors (Lipinski definition) is 2. The van der Waals surface area contributed by atoms with Gasteiger partial charge in [-0.3, -0.25) is 4.79 Å². The van der Waals surface area contributed by atoms with E-state index < -0.39 is 51.2 Å². The van der Waals surface area contributed by atoms with Gasteiger partial charge in [0.25, 0.3) is 5.91 Å². The van der Waals surface area contributed by atoms with Crippen LogP contribution in [-0.4, -0.2) is 30.6 Å². The van der Waals surface area contributed by atoms with Gasteiger partial charge in [-0.05, 0) is 37.1 Å². The highest BCUT2D eigenvalue weighted by atomic mass is 32.2. The van der Waals surface area contributed by atoms with Crippen LogP contribution in [0.1, 0.15) is 42.7 Å². The minimum absolute atomic E-state index is 0.0831. The topological polar surface area (TPSA) is 104 Å². The summed E-state index contributed by atoms with van der Waals surface area (Å²) in [5.74, 6) is -1.58. The maximum Gasteiger partial charge on any atom is 0.407 e. The van der Waals surface area contributed by atoms with Crippen molar-refractivity contribution < 1.29 is 30.8 Å². The lowest BCUT2D eigenvalue weighted by Crippen LogP contribution is -2.57. The number of carbonyl (C=O) groups excluding carboxylic acids is 1. The molecule has 2 aromatic rings. The van der Waals surface area contributed by atoms with Gasteiger partial charge in [-0.15, -0.1) is 0 Å². The predicted molar refractivity (Wildman–Crippen MR) is 104 cm³/mol. The van der Waals surface area contributed by atoms with Gasteiger partial charge in [0.15, 0.2) is 0 Å². The lowest BCUT2D eigenvalue weighted by atomic mass is 9.94. The molecule has 0 aliphatic carbocycles. The summed E-state index contributed by atoms with van der Waals surface area (Å²) in [5, 5.41) is 11.2. The molecule has 12 heteroatoms. The fourth-order valence-corrected chi connectivity index (χ4v) is 4.56. The summed E-state index contributed by atoms with van der Waals surface area (Å²) in [6, 6.07) is 5.82. The van der Waals surface area contributed by atoms with E-state index in [1.807, 2.05) is 0 Å². The first-order valence-corrected chi connectivity index (χ1v) is 10.6. The third-order valence-corrected chi connectivity index (χ3v) is 6.45. The highest BCUT2D eigenvalue weighted by molar-refractivity contribution is 7.89. The molecule has 1 aromatic carbocycles. The van der Waals surface area contributed by atoms with Crippen LogP contribution < -0.4 is 10.0 Å². The average molecular weight is 460 g/mol. The van der Waals surface area contributed by atoms with E-state index in [9.17, 15) is 30.8 Å². The van der Waals surface area contributed by atoms with Crippen LogP contribution in [0, 0.1) is 17.1 Å². The Morgan fingerprint density at radius 1 is 1.19 bits per heavy atom. The highest BCUT2D eigenvalue weighted by Crippen LogP contribution is 2.37. The number of anilines is 1. The number of aromatic nitrogens is 1. The monoisotopic (exact) mass is 460 g/mol. The molecule has 1 heterocycles. The van der Waals surface area contributed by atoms with Crippen LogP contribution >= 0.6 is 0 Å². The molecule has 0 spiro atoms. The molecule has 31 heavy (non-hydrogen) atoms. The molecule has 0 radical (unpaired) electrons. The van der Waals surface area contributed by atoms with Gasteiger partial charge in [0, 0.05) is 18.9 Å². The van der Waals surface area contributed by atoms with E-state index in [1.165, 1.54) is 27.0 Å². The third kappa shape index (κ3) is 4.88. The molecule has 0 fully saturated rings. The molecule has 0 bridgehead atoms. The lowest BCUT2D eigenvalue weighted by Gasteiger charge is -2.34. The van der Waals surface area contributed by atoms with Crippen molar-refractivity contribution in [2.75, 3.05) is 5.32 Å². The van der Waals surface area contributed by atoms with Crippen LogP contribution in [0.2, 0.25) is 0 Å². The number of hydrogen-bond acceptors (Lipinski definition) is 4. The molecule has 0 aliphatic heterocycles. The van der Waals surface area contributed by atoms with Crippen molar-refractivity contribution in [2.45, 2.75) is 43.3 Å². The molecule has 0 unspecified atom stereocenters. The second-order valence-electron chi connectivity index (χ2n) is 6.82. The maximum atomic E-state index is 13.5. The molecule has 1 aromatic heterocycles. The molecule has 168 valence electrons. The van der Waals surface area contributed by atoms with Gasteiger partial charge in [0.1, 0.15) is 28.0 Å². The third-order valence-electron chi connectivity index (χ3n) is 4.95. The van der Waals surface area contributed by atoms with Crippen molar-refractivity contribution in [3.8, 4) is 6.07 Å². The number of sulfonamides is 1. The van der Waals surface area contributed by atoms with Crippen LogP contribution in [-0.2, 0) is 17.1 Å². The van der Waals surface area contributed by atoms with E-state index in [0.717, 1.165) is 29.0 Å². The van der Waals surface area contributed by atoms with E-state index in [0.29, 0.717) is 0 Å². The summed E-state index contributed by atoms with van der Waals surface area (Å²) >= 11 is 0. The number of carbonyl (C=O) groups is 1. The van der Waals surface area contributed by atoms with Crippen LogP contribution in [0.15, 0.2) is 35.4 Å². The second kappa shape index (κ2) is 8.68. The highest BCUT2D eigenvalue weighted by Gasteiger charge is 2.54. The Kier molecular flexibility index (Phi) is 6.82. The Bertz CT molecular complexity index is 1130. The summed E-state index contributed by atoms with van der Waals surface area (Å²) in [6.45, 7) is 2.45. The Labute approximate surface area is 176 Å². The summed E-state index contributed by atoms with van der Waals surface area (Å²) in [6.07, 6.45) is -4.84. The first-order chi connectivity index (χ1) is 14.3. The van der Waals surface area contributed by atoms with Crippen LogP contribution in [0.4, 0.5) is 23.2 Å². The average Bonchev–Trinajstić information content (AvgIpc) is 3.09. The van der Waals surface area contributed by atoms with Crippen LogP contribution in [0.3, 0.4) is 0 Å². The first-order valence-electron chi connectivity index (χ1n) is 9.08. The fraction of sp³-hybridized carbons (Fsp3) is 0.368. The van der Waals surface area contributed by atoms with Gasteiger partial charge >= 0.3 is 6.18 Å². The molecule has 0 saturated carbocycles. The van der Waals surface area contributed by atoms with Gasteiger partial charge in [-0.2, -0.15) is 23.2 Å². The largest absolute Gasteiger partial charge is 0.407 e. The second-order valence-corrected chi connectivity index (χ2v) is 8.51. The number of rotatable bonds is 7. The minimum Gasteiger partial charge on any atom is -0.345 e. The number of alkyl halides is 3. The van der Waals surface area contributed by atoms with Crippen molar-refractivity contribution in [1.29, 1.82) is 5.26 Å². The quantitative estimate of drug-likeness (QED) is 0.615. The molecule has 7 nitrogen and oxygen atoms in total. The van der Waals surface area contributed by atoms with Crippen molar-refractivity contribution in [3.63, 3.8) is 0 Å². The molecule has 2 rings (SSSR count). The van der Waals surface area contributed by atoms with E-state index in [-0.39, 0.29) is 16.9 Å². The van der Waals surface area contributed by atoms with E-state index in [1.54, 1.807) is 10.8 Å². The Hall–Kier alpha value is -2.91. The molecule has 0 aliphatic rings. The van der Waals surface area contributed by atoms with Crippen LogP contribution in [0.25, 0.3) is 0 Å². The molecule has 2 N–H and O–H groups in total. The van der Waals surface area contributed by atoms with Gasteiger partial charge < -0.3 is 9.88 Å². The minimum atomic E-state index is -4.82. The van der Waals surface area contributed by atoms with Crippen molar-refractivity contribution >= 4 is 21.6 Å². The zero-order valence-electron chi connectivity index (χ0n) is 16.8. The first kappa shape index (κ1) is 24.4. The van der Waals surface area contributed by atoms with Crippen molar-refractivity contribution in [1.82, 2.24) is 9.29 Å². The Morgan fingerprint density at radius 2 is 1.81 bits per heavy atom. The summed E-state index contributed by atoms with van der Waals surface area (Å²) in [5.41, 5.74) is -3.04. The Morgan fingerprint density at radius 3 is 2.32 bits per heavy atom. The van der Waals surface area contributed by atoms with Gasteiger partial charge in [-0.25, -0.2) is 12.8 Å². The van der Waals surface area contributed by atoms with Gasteiger partial charge in [-0.1, -0.05) is 13.8 Å². The van der Waals surface area contributed by atoms with Gasteiger partial charge in [0.05, 0.1) is 5.56 Å². The van der Waals surface area contributed by atoms with E-state index >= 15 is 0 Å². The maximum absolute atomic E-state index is 13.5. The molecular weight excluding hydrogens is 440 g/mol. The number of aryl methyl sites for hydroxylation is 1. The zero-order chi connectivity index (χ0) is 23.6. The number of nitriles is 1. The number of nitrogens with one attached hydrogen (secondary N) is 2. The van der Waals surface area contributed by atoms with Crippen LogP contribution in [0.5, 0.6) is 0 Å². The molecule has 0 atom stereocenters. The molecule has 0 saturated heterocycles. The number of halogens is 4. The summed E-state index contributed by atoms with van der Waals surface area (Å²) in [7, 11) is -3.27. The zero-order valence-corrected chi connectivity index (χ0v) is 17.7. The standard InChI is InChI=1S/C19H20F4N4O3S/c1-4-18(5-2,19(21,22)23)26-31(29,30)14-9-16(27(3)11-14)17(28)25-13-6-7-15(20)12(8-13)10-24/h6-9,11,26H,4-5H2,1-3H3,(H,25,28). The summed E-state index contributed by atoms with van der Waals surface area (Å²) < 4.78 is 82.1. The lowest BCUT2D eigenvalue weighted by molar-refractivity contribution is -0.192. The SMILES string of the molecule is CCC(CC)(NS(=O)(=O)c1cc(C(=O)Nc2ccc(F)c(C#N)c2)n(C)c1)C(F)(F)F. The van der Waals surface area contributed by atoms with E-state index in [4.69, 9.17) is 5.26 Å². The van der Waals surface area contributed by atoms with Gasteiger partial charge in [0.2, 0.25) is 10.0 Å². The number of amides is 1. The summed E-state index contributed by atoms with van der Waals surface area (Å²) in [4.78, 5) is 12.0. The van der Waals surface area contributed by atoms with Crippen molar-refractivity contribution in [3.05, 3.63) is 47.5 Å².